The Labute approximate surface area is 112 Å². The highest BCUT2D eigenvalue weighted by atomic mass is 19.1. The molecule has 1 heterocycles. The van der Waals surface area contributed by atoms with Gasteiger partial charge in [-0.1, -0.05) is 6.07 Å². The number of hydrogen-bond donors (Lipinski definition) is 1. The van der Waals surface area contributed by atoms with Crippen molar-refractivity contribution in [2.75, 3.05) is 7.11 Å². The number of halogens is 1. The molecule has 0 aliphatic rings. The molecule has 2 atom stereocenters. The molecule has 1 aromatic carbocycles. The molecule has 4 heteroatoms. The van der Waals surface area contributed by atoms with Crippen molar-refractivity contribution in [1.82, 2.24) is 5.32 Å². The standard InChI is InChI=1S/C15H18FNO2/c1-10(17-11(2)15-5-4-8-19-15)13-7-6-12(18-3)9-14(13)16/h4-11,17H,1-3H3/t10?,11-/m1/s1. The summed E-state index contributed by atoms with van der Waals surface area (Å²) >= 11 is 0. The van der Waals surface area contributed by atoms with E-state index in [4.69, 9.17) is 9.15 Å². The van der Waals surface area contributed by atoms with Crippen LogP contribution >= 0.6 is 0 Å². The number of rotatable bonds is 5. The zero-order valence-corrected chi connectivity index (χ0v) is 11.3. The summed E-state index contributed by atoms with van der Waals surface area (Å²) in [7, 11) is 1.52. The Balaban J connectivity index is 2.09. The van der Waals surface area contributed by atoms with Gasteiger partial charge in [-0.05, 0) is 32.0 Å². The maximum absolute atomic E-state index is 13.9. The van der Waals surface area contributed by atoms with Gasteiger partial charge in [-0.2, -0.15) is 0 Å². The average molecular weight is 263 g/mol. The first-order chi connectivity index (χ1) is 9.11. The molecule has 0 aliphatic carbocycles. The lowest BCUT2D eigenvalue weighted by atomic mass is 10.1. The molecule has 0 saturated heterocycles. The van der Waals surface area contributed by atoms with E-state index in [0.717, 1.165) is 5.76 Å². The van der Waals surface area contributed by atoms with E-state index in [2.05, 4.69) is 5.32 Å². The maximum atomic E-state index is 13.9. The summed E-state index contributed by atoms with van der Waals surface area (Å²) in [5, 5.41) is 3.30. The van der Waals surface area contributed by atoms with E-state index in [1.807, 2.05) is 26.0 Å². The lowest BCUT2D eigenvalue weighted by Gasteiger charge is -2.19. The summed E-state index contributed by atoms with van der Waals surface area (Å²) in [4.78, 5) is 0. The zero-order valence-electron chi connectivity index (χ0n) is 11.3. The van der Waals surface area contributed by atoms with E-state index in [0.29, 0.717) is 11.3 Å². The summed E-state index contributed by atoms with van der Waals surface area (Å²) in [6.45, 7) is 3.90. The van der Waals surface area contributed by atoms with Crippen LogP contribution in [0.2, 0.25) is 0 Å². The van der Waals surface area contributed by atoms with Gasteiger partial charge in [0.15, 0.2) is 0 Å². The van der Waals surface area contributed by atoms with Crippen molar-refractivity contribution >= 4 is 0 Å². The summed E-state index contributed by atoms with van der Waals surface area (Å²) in [6, 6.07) is 8.53. The Bertz CT molecular complexity index is 525. The average Bonchev–Trinajstić information content (AvgIpc) is 2.92. The van der Waals surface area contributed by atoms with Crippen molar-refractivity contribution in [1.29, 1.82) is 0 Å². The van der Waals surface area contributed by atoms with Crippen LogP contribution in [0.25, 0.3) is 0 Å². The number of benzene rings is 1. The highest BCUT2D eigenvalue weighted by molar-refractivity contribution is 5.30. The topological polar surface area (TPSA) is 34.4 Å². The summed E-state index contributed by atoms with van der Waals surface area (Å²) < 4.78 is 24.3. The van der Waals surface area contributed by atoms with Crippen molar-refractivity contribution in [2.45, 2.75) is 25.9 Å². The van der Waals surface area contributed by atoms with E-state index in [1.165, 1.54) is 13.2 Å². The predicted octanol–water partition coefficient (Wildman–Crippen LogP) is 3.84. The normalized spacial score (nSPS) is 14.1. The van der Waals surface area contributed by atoms with Gasteiger partial charge in [0.2, 0.25) is 0 Å². The molecule has 19 heavy (non-hydrogen) atoms. The second-order valence-corrected chi connectivity index (χ2v) is 4.51. The Morgan fingerprint density at radius 2 is 2.00 bits per heavy atom. The second kappa shape index (κ2) is 5.89. The van der Waals surface area contributed by atoms with Crippen LogP contribution in [-0.4, -0.2) is 7.11 Å². The van der Waals surface area contributed by atoms with Crippen LogP contribution in [0.4, 0.5) is 4.39 Å². The van der Waals surface area contributed by atoms with Gasteiger partial charge in [-0.25, -0.2) is 4.39 Å². The van der Waals surface area contributed by atoms with Gasteiger partial charge >= 0.3 is 0 Å². The number of ether oxygens (including phenoxy) is 1. The molecule has 102 valence electrons. The fourth-order valence-electron chi connectivity index (χ4n) is 2.07. The van der Waals surface area contributed by atoms with E-state index in [9.17, 15) is 4.39 Å². The number of nitrogens with one attached hydrogen (secondary N) is 1. The minimum Gasteiger partial charge on any atom is -0.497 e. The molecule has 1 unspecified atom stereocenters. The van der Waals surface area contributed by atoms with E-state index >= 15 is 0 Å². The molecule has 2 rings (SSSR count). The lowest BCUT2D eigenvalue weighted by Crippen LogP contribution is -2.22. The van der Waals surface area contributed by atoms with Crippen molar-refractivity contribution in [3.63, 3.8) is 0 Å². The van der Waals surface area contributed by atoms with Gasteiger partial charge in [0, 0.05) is 17.7 Å². The Morgan fingerprint density at radius 3 is 2.58 bits per heavy atom. The van der Waals surface area contributed by atoms with E-state index in [1.54, 1.807) is 18.4 Å². The molecular weight excluding hydrogens is 245 g/mol. The largest absolute Gasteiger partial charge is 0.497 e. The van der Waals surface area contributed by atoms with Crippen LogP contribution in [-0.2, 0) is 0 Å². The minimum absolute atomic E-state index is 0.0199. The Kier molecular flexibility index (Phi) is 4.22. The van der Waals surface area contributed by atoms with Gasteiger partial charge in [0.25, 0.3) is 0 Å². The van der Waals surface area contributed by atoms with Crippen LogP contribution in [0.1, 0.15) is 37.3 Å². The molecule has 0 spiro atoms. The Morgan fingerprint density at radius 1 is 1.21 bits per heavy atom. The van der Waals surface area contributed by atoms with Gasteiger partial charge < -0.3 is 14.5 Å². The highest BCUT2D eigenvalue weighted by Gasteiger charge is 2.16. The third-order valence-corrected chi connectivity index (χ3v) is 3.14. The third-order valence-electron chi connectivity index (χ3n) is 3.14. The van der Waals surface area contributed by atoms with Crippen molar-refractivity contribution < 1.29 is 13.5 Å². The number of hydrogen-bond acceptors (Lipinski definition) is 3. The summed E-state index contributed by atoms with van der Waals surface area (Å²) in [5.74, 6) is 1.08. The first-order valence-electron chi connectivity index (χ1n) is 6.24. The molecule has 0 aliphatic heterocycles. The van der Waals surface area contributed by atoms with E-state index < -0.39 is 0 Å². The predicted molar refractivity (Wildman–Crippen MR) is 71.6 cm³/mol. The molecule has 1 aromatic heterocycles. The molecule has 0 fully saturated rings. The third kappa shape index (κ3) is 3.15. The molecule has 0 saturated carbocycles. The second-order valence-electron chi connectivity index (χ2n) is 4.51. The van der Waals surface area contributed by atoms with Crippen molar-refractivity contribution in [3.05, 3.63) is 53.7 Å². The quantitative estimate of drug-likeness (QED) is 0.890. The monoisotopic (exact) mass is 263 g/mol. The van der Waals surface area contributed by atoms with Gasteiger partial charge in [-0.3, -0.25) is 0 Å². The number of furan rings is 1. The first kappa shape index (κ1) is 13.6. The van der Waals surface area contributed by atoms with E-state index in [-0.39, 0.29) is 17.9 Å². The van der Waals surface area contributed by atoms with Crippen molar-refractivity contribution in [3.8, 4) is 5.75 Å². The highest BCUT2D eigenvalue weighted by Crippen LogP contribution is 2.24. The fourth-order valence-corrected chi connectivity index (χ4v) is 2.07. The van der Waals surface area contributed by atoms with Crippen LogP contribution < -0.4 is 10.1 Å². The minimum atomic E-state index is -0.272. The molecule has 1 N–H and O–H groups in total. The summed E-state index contributed by atoms with van der Waals surface area (Å²) in [5.41, 5.74) is 0.610. The van der Waals surface area contributed by atoms with Gasteiger partial charge in [-0.15, -0.1) is 0 Å². The van der Waals surface area contributed by atoms with Crippen LogP contribution in [0.5, 0.6) is 5.75 Å². The molecule has 0 radical (unpaired) electrons. The first-order valence-corrected chi connectivity index (χ1v) is 6.24. The maximum Gasteiger partial charge on any atom is 0.131 e. The van der Waals surface area contributed by atoms with Gasteiger partial charge in [0.1, 0.15) is 17.3 Å². The fraction of sp³-hybridized carbons (Fsp3) is 0.333. The Hall–Kier alpha value is -1.81. The summed E-state index contributed by atoms with van der Waals surface area (Å²) in [6.07, 6.45) is 1.63. The number of methoxy groups -OCH3 is 1. The zero-order chi connectivity index (χ0) is 13.8. The van der Waals surface area contributed by atoms with Crippen molar-refractivity contribution in [2.24, 2.45) is 0 Å². The lowest BCUT2D eigenvalue weighted by molar-refractivity contribution is 0.393. The molecule has 0 bridgehead atoms. The SMILES string of the molecule is COc1ccc(C(C)N[C@H](C)c2ccco2)c(F)c1. The molecule has 0 amide bonds. The molecule has 2 aromatic rings. The van der Waals surface area contributed by atoms with Crippen LogP contribution in [0.3, 0.4) is 0 Å². The van der Waals surface area contributed by atoms with Gasteiger partial charge in [0.05, 0.1) is 19.4 Å². The smallest absolute Gasteiger partial charge is 0.131 e. The molecular formula is C15H18FNO2. The van der Waals surface area contributed by atoms with Crippen LogP contribution in [0.15, 0.2) is 41.0 Å². The molecule has 3 nitrogen and oxygen atoms in total. The van der Waals surface area contributed by atoms with Crippen LogP contribution in [0, 0.1) is 5.82 Å².